The van der Waals surface area contributed by atoms with Gasteiger partial charge in [-0.25, -0.2) is 0 Å². The molecular formula is C32H42N4O4. The van der Waals surface area contributed by atoms with Crippen molar-refractivity contribution in [1.82, 2.24) is 9.80 Å². The molecule has 0 atom stereocenters. The summed E-state index contributed by atoms with van der Waals surface area (Å²) in [7, 11) is 0. The van der Waals surface area contributed by atoms with Crippen LogP contribution in [-0.4, -0.2) is 59.6 Å². The Labute approximate surface area is 237 Å². The molecule has 0 spiro atoms. The second-order valence-electron chi connectivity index (χ2n) is 10.9. The summed E-state index contributed by atoms with van der Waals surface area (Å²) in [5.41, 5.74) is 2.40. The fraction of sp³-hybridized carbons (Fsp3) is 0.500. The molecule has 2 heterocycles. The Morgan fingerprint density at radius 2 is 0.925 bits per heavy atom. The van der Waals surface area contributed by atoms with Crippen molar-refractivity contribution >= 4 is 35.0 Å². The Morgan fingerprint density at radius 1 is 0.550 bits per heavy atom. The number of carbonyl (C=O) groups is 4. The standard InChI is InChI=1S/C32H42N4O4/c37-29(33-27-15-11-13-25(23-27)31(39)35-19-7-1-2-8-20-35)17-5-6-18-30(38)34-28-16-12-14-26(24-28)32(40)36-21-9-3-4-10-22-36/h11-16,23-24H,1-10,17-22H2,(H,33,37)(H,34,38). The van der Waals surface area contributed by atoms with Gasteiger partial charge in [-0.1, -0.05) is 37.8 Å². The summed E-state index contributed by atoms with van der Waals surface area (Å²) in [5.74, 6) is -0.249. The minimum atomic E-state index is -0.139. The number of nitrogens with zero attached hydrogens (tertiary/aromatic N) is 2. The highest BCUT2D eigenvalue weighted by molar-refractivity contribution is 5.98. The van der Waals surface area contributed by atoms with Crippen LogP contribution < -0.4 is 10.6 Å². The Kier molecular flexibility index (Phi) is 11.1. The molecule has 4 amide bonds. The van der Waals surface area contributed by atoms with E-state index in [1.54, 1.807) is 48.5 Å². The Morgan fingerprint density at radius 3 is 1.30 bits per heavy atom. The van der Waals surface area contributed by atoms with Crippen molar-refractivity contribution in [3.8, 4) is 0 Å². The van der Waals surface area contributed by atoms with Gasteiger partial charge in [-0.15, -0.1) is 0 Å². The van der Waals surface area contributed by atoms with Crippen molar-refractivity contribution in [2.75, 3.05) is 36.8 Å². The summed E-state index contributed by atoms with van der Waals surface area (Å²) in [6.07, 6.45) is 10.5. The molecule has 0 aromatic heterocycles. The maximum atomic E-state index is 12.9. The van der Waals surface area contributed by atoms with Gasteiger partial charge in [0.15, 0.2) is 0 Å². The van der Waals surface area contributed by atoms with Gasteiger partial charge < -0.3 is 20.4 Å². The van der Waals surface area contributed by atoms with Crippen LogP contribution in [0.2, 0.25) is 0 Å². The molecule has 0 radical (unpaired) electrons. The van der Waals surface area contributed by atoms with E-state index < -0.39 is 0 Å². The van der Waals surface area contributed by atoms with Gasteiger partial charge >= 0.3 is 0 Å². The summed E-state index contributed by atoms with van der Waals surface area (Å²) in [6.45, 7) is 3.13. The molecular weight excluding hydrogens is 504 g/mol. The molecule has 2 fully saturated rings. The molecule has 0 unspecified atom stereocenters. The fourth-order valence-corrected chi connectivity index (χ4v) is 5.39. The normalized spacial score (nSPS) is 16.0. The Hall–Kier alpha value is -3.68. The first-order valence-corrected chi connectivity index (χ1v) is 14.9. The molecule has 8 nitrogen and oxygen atoms in total. The molecule has 2 saturated heterocycles. The van der Waals surface area contributed by atoms with Crippen LogP contribution in [0.5, 0.6) is 0 Å². The number of likely N-dealkylation sites (tertiary alicyclic amines) is 2. The van der Waals surface area contributed by atoms with E-state index in [0.29, 0.717) is 35.3 Å². The first-order chi connectivity index (χ1) is 19.5. The molecule has 2 aliphatic heterocycles. The summed E-state index contributed by atoms with van der Waals surface area (Å²) in [5, 5.41) is 5.76. The van der Waals surface area contributed by atoms with Crippen molar-refractivity contribution in [2.24, 2.45) is 0 Å². The fourth-order valence-electron chi connectivity index (χ4n) is 5.39. The SMILES string of the molecule is O=C(CCCCC(=O)Nc1cccc(C(=O)N2CCCCCC2)c1)Nc1cccc(C(=O)N2CCCCCC2)c1. The molecule has 0 aliphatic carbocycles. The number of hydrogen-bond acceptors (Lipinski definition) is 4. The van der Waals surface area contributed by atoms with Crippen LogP contribution in [-0.2, 0) is 9.59 Å². The molecule has 2 aromatic rings. The zero-order chi connectivity index (χ0) is 28.2. The van der Waals surface area contributed by atoms with Crippen LogP contribution in [0.1, 0.15) is 97.8 Å². The summed E-state index contributed by atoms with van der Waals surface area (Å²) in [4.78, 5) is 54.6. The van der Waals surface area contributed by atoms with Crippen LogP contribution in [0.4, 0.5) is 11.4 Å². The average molecular weight is 547 g/mol. The van der Waals surface area contributed by atoms with Gasteiger partial charge in [-0.2, -0.15) is 0 Å². The van der Waals surface area contributed by atoms with E-state index >= 15 is 0 Å². The average Bonchev–Trinajstić information content (AvgIpc) is 3.41. The Bertz CT molecular complexity index is 1070. The second kappa shape index (κ2) is 15.2. The maximum Gasteiger partial charge on any atom is 0.253 e. The first kappa shape index (κ1) is 29.3. The number of rotatable bonds is 9. The van der Waals surface area contributed by atoms with Crippen LogP contribution in [0.3, 0.4) is 0 Å². The zero-order valence-electron chi connectivity index (χ0n) is 23.5. The number of nitrogens with one attached hydrogen (secondary N) is 2. The van der Waals surface area contributed by atoms with E-state index in [1.165, 1.54) is 0 Å². The van der Waals surface area contributed by atoms with Crippen molar-refractivity contribution in [3.05, 3.63) is 59.7 Å². The van der Waals surface area contributed by atoms with E-state index in [4.69, 9.17) is 0 Å². The van der Waals surface area contributed by atoms with Gasteiger partial charge in [-0.05, 0) is 74.9 Å². The Balaban J connectivity index is 1.18. The van der Waals surface area contributed by atoms with Crippen LogP contribution in [0, 0.1) is 0 Å². The van der Waals surface area contributed by atoms with Crippen LogP contribution in [0.25, 0.3) is 0 Å². The predicted octanol–water partition coefficient (Wildman–Crippen LogP) is 5.86. The van der Waals surface area contributed by atoms with Gasteiger partial charge in [0, 0.05) is 61.5 Å². The van der Waals surface area contributed by atoms with Crippen LogP contribution >= 0.6 is 0 Å². The van der Waals surface area contributed by atoms with Gasteiger partial charge in [0.25, 0.3) is 11.8 Å². The molecule has 2 aliphatic rings. The number of benzene rings is 2. The monoisotopic (exact) mass is 546 g/mol. The van der Waals surface area contributed by atoms with Gasteiger partial charge in [0.05, 0.1) is 0 Å². The molecule has 8 heteroatoms. The highest BCUT2D eigenvalue weighted by atomic mass is 16.2. The topological polar surface area (TPSA) is 98.8 Å². The highest BCUT2D eigenvalue weighted by Crippen LogP contribution is 2.19. The summed E-state index contributed by atoms with van der Waals surface area (Å²) < 4.78 is 0. The minimum absolute atomic E-state index is 0.0147. The lowest BCUT2D eigenvalue weighted by molar-refractivity contribution is -0.118. The van der Waals surface area contributed by atoms with E-state index in [-0.39, 0.29) is 36.5 Å². The van der Waals surface area contributed by atoms with Crippen molar-refractivity contribution in [1.29, 1.82) is 0 Å². The van der Waals surface area contributed by atoms with E-state index in [2.05, 4.69) is 10.6 Å². The lowest BCUT2D eigenvalue weighted by Crippen LogP contribution is -2.31. The molecule has 214 valence electrons. The highest BCUT2D eigenvalue weighted by Gasteiger charge is 2.19. The smallest absolute Gasteiger partial charge is 0.253 e. The number of anilines is 2. The summed E-state index contributed by atoms with van der Waals surface area (Å²) in [6, 6.07) is 14.2. The van der Waals surface area contributed by atoms with Gasteiger partial charge in [0.1, 0.15) is 0 Å². The molecule has 0 bridgehead atoms. The maximum absolute atomic E-state index is 12.9. The van der Waals surface area contributed by atoms with Crippen molar-refractivity contribution in [2.45, 2.75) is 77.0 Å². The molecule has 2 aromatic carbocycles. The number of hydrogen-bond donors (Lipinski definition) is 2. The zero-order valence-corrected chi connectivity index (χ0v) is 23.5. The molecule has 40 heavy (non-hydrogen) atoms. The third-order valence-corrected chi connectivity index (χ3v) is 7.63. The lowest BCUT2D eigenvalue weighted by atomic mass is 10.1. The predicted molar refractivity (Wildman–Crippen MR) is 157 cm³/mol. The summed E-state index contributed by atoms with van der Waals surface area (Å²) >= 11 is 0. The van der Waals surface area contributed by atoms with E-state index in [0.717, 1.165) is 77.5 Å². The van der Waals surface area contributed by atoms with Crippen molar-refractivity contribution < 1.29 is 19.2 Å². The van der Waals surface area contributed by atoms with Crippen LogP contribution in [0.15, 0.2) is 48.5 Å². The second-order valence-corrected chi connectivity index (χ2v) is 10.9. The number of carbonyl (C=O) groups excluding carboxylic acids is 4. The van der Waals surface area contributed by atoms with Gasteiger partial charge in [-0.3, -0.25) is 19.2 Å². The minimum Gasteiger partial charge on any atom is -0.339 e. The molecule has 4 rings (SSSR count). The molecule has 0 saturated carbocycles. The van der Waals surface area contributed by atoms with E-state index in [9.17, 15) is 19.2 Å². The van der Waals surface area contributed by atoms with Crippen molar-refractivity contribution in [3.63, 3.8) is 0 Å². The molecule has 2 N–H and O–H groups in total. The van der Waals surface area contributed by atoms with Gasteiger partial charge in [0.2, 0.25) is 11.8 Å². The van der Waals surface area contributed by atoms with E-state index in [1.807, 2.05) is 9.80 Å². The largest absolute Gasteiger partial charge is 0.339 e. The number of unbranched alkanes of at least 4 members (excludes halogenated alkanes) is 1. The third kappa shape index (κ3) is 8.93. The third-order valence-electron chi connectivity index (χ3n) is 7.63. The quantitative estimate of drug-likeness (QED) is 0.385. The first-order valence-electron chi connectivity index (χ1n) is 14.9. The number of amides is 4. The lowest BCUT2D eigenvalue weighted by Gasteiger charge is -2.20.